The summed E-state index contributed by atoms with van der Waals surface area (Å²) in [5.41, 5.74) is 7.44. The molecule has 0 bridgehead atoms. The highest BCUT2D eigenvalue weighted by atomic mass is 19.1. The zero-order chi connectivity index (χ0) is 13.0. The molecule has 2 rings (SSSR count). The van der Waals surface area contributed by atoms with Gasteiger partial charge in [-0.25, -0.2) is 9.37 Å². The number of hydrogen-bond acceptors (Lipinski definition) is 3. The predicted molar refractivity (Wildman–Crippen MR) is 71.2 cm³/mol. The van der Waals surface area contributed by atoms with Gasteiger partial charge in [0.05, 0.1) is 0 Å². The third-order valence-corrected chi connectivity index (χ3v) is 2.78. The molecule has 0 amide bonds. The van der Waals surface area contributed by atoms with Gasteiger partial charge < -0.3 is 10.6 Å². The predicted octanol–water partition coefficient (Wildman–Crippen LogP) is 2.84. The molecule has 1 aromatic heterocycles. The van der Waals surface area contributed by atoms with Gasteiger partial charge in [0.15, 0.2) is 0 Å². The summed E-state index contributed by atoms with van der Waals surface area (Å²) in [5, 5.41) is 0. The van der Waals surface area contributed by atoms with Crippen molar-refractivity contribution in [1.29, 1.82) is 0 Å². The molecule has 0 aliphatic heterocycles. The highest BCUT2D eigenvalue weighted by Gasteiger charge is 2.12. The van der Waals surface area contributed by atoms with Crippen LogP contribution in [0.2, 0.25) is 0 Å². The molecule has 18 heavy (non-hydrogen) atoms. The largest absolute Gasteiger partial charge is 0.326 e. The van der Waals surface area contributed by atoms with Gasteiger partial charge in [0.1, 0.15) is 11.6 Å². The maximum Gasteiger partial charge on any atom is 0.137 e. The number of nitrogens with zero attached hydrogens (tertiary/aromatic N) is 2. The second-order valence-electron chi connectivity index (χ2n) is 3.91. The molecule has 0 unspecified atom stereocenters. The molecule has 1 aromatic carbocycles. The van der Waals surface area contributed by atoms with Crippen molar-refractivity contribution in [2.24, 2.45) is 5.73 Å². The maximum atomic E-state index is 13.3. The van der Waals surface area contributed by atoms with Gasteiger partial charge in [-0.15, -0.1) is 0 Å². The van der Waals surface area contributed by atoms with E-state index in [0.717, 1.165) is 17.1 Å². The lowest BCUT2D eigenvalue weighted by molar-refractivity contribution is 0.627. The summed E-state index contributed by atoms with van der Waals surface area (Å²) in [7, 11) is 0. The first-order chi connectivity index (χ1) is 8.76. The van der Waals surface area contributed by atoms with Gasteiger partial charge in [0.25, 0.3) is 0 Å². The SMILES string of the molecule is CCN(c1cccc(F)c1)c1ncccc1CN. The molecule has 2 aromatic rings. The van der Waals surface area contributed by atoms with E-state index < -0.39 is 0 Å². The molecule has 0 saturated heterocycles. The number of aromatic nitrogens is 1. The van der Waals surface area contributed by atoms with E-state index >= 15 is 0 Å². The van der Waals surface area contributed by atoms with Crippen molar-refractivity contribution in [3.63, 3.8) is 0 Å². The zero-order valence-electron chi connectivity index (χ0n) is 10.3. The average Bonchev–Trinajstić information content (AvgIpc) is 2.40. The summed E-state index contributed by atoms with van der Waals surface area (Å²) in [6.07, 6.45) is 1.72. The molecule has 0 aliphatic carbocycles. The van der Waals surface area contributed by atoms with Gasteiger partial charge in [-0.05, 0) is 31.2 Å². The van der Waals surface area contributed by atoms with Gasteiger partial charge >= 0.3 is 0 Å². The normalized spacial score (nSPS) is 10.4. The van der Waals surface area contributed by atoms with Crippen molar-refractivity contribution in [2.75, 3.05) is 11.4 Å². The van der Waals surface area contributed by atoms with Crippen molar-refractivity contribution >= 4 is 11.5 Å². The quantitative estimate of drug-likeness (QED) is 0.900. The van der Waals surface area contributed by atoms with Crippen LogP contribution in [-0.4, -0.2) is 11.5 Å². The van der Waals surface area contributed by atoms with Gasteiger partial charge in [-0.1, -0.05) is 12.1 Å². The zero-order valence-corrected chi connectivity index (χ0v) is 10.3. The number of benzene rings is 1. The topological polar surface area (TPSA) is 42.2 Å². The molecular formula is C14H16FN3. The van der Waals surface area contributed by atoms with E-state index in [4.69, 9.17) is 5.73 Å². The average molecular weight is 245 g/mol. The molecule has 0 radical (unpaired) electrons. The van der Waals surface area contributed by atoms with E-state index in [9.17, 15) is 4.39 Å². The van der Waals surface area contributed by atoms with E-state index in [2.05, 4.69) is 4.98 Å². The van der Waals surface area contributed by atoms with Crippen molar-refractivity contribution in [1.82, 2.24) is 4.98 Å². The van der Waals surface area contributed by atoms with Crippen LogP contribution in [0.4, 0.5) is 15.9 Å². The van der Waals surface area contributed by atoms with Gasteiger partial charge in [0.2, 0.25) is 0 Å². The first-order valence-corrected chi connectivity index (χ1v) is 5.93. The molecule has 94 valence electrons. The number of rotatable bonds is 4. The summed E-state index contributed by atoms with van der Waals surface area (Å²) in [5.74, 6) is 0.532. The van der Waals surface area contributed by atoms with E-state index in [-0.39, 0.29) is 5.82 Å². The Kier molecular flexibility index (Phi) is 3.89. The minimum absolute atomic E-state index is 0.254. The lowest BCUT2D eigenvalue weighted by Crippen LogP contribution is -2.20. The third kappa shape index (κ3) is 2.49. The summed E-state index contributed by atoms with van der Waals surface area (Å²) in [4.78, 5) is 6.30. The van der Waals surface area contributed by atoms with Gasteiger partial charge in [-0.2, -0.15) is 0 Å². The van der Waals surface area contributed by atoms with Crippen molar-refractivity contribution in [2.45, 2.75) is 13.5 Å². The van der Waals surface area contributed by atoms with Crippen LogP contribution in [-0.2, 0) is 6.54 Å². The van der Waals surface area contributed by atoms with Crippen LogP contribution >= 0.6 is 0 Å². The number of nitrogens with two attached hydrogens (primary N) is 1. The molecule has 0 saturated carbocycles. The Morgan fingerprint density at radius 3 is 2.78 bits per heavy atom. The highest BCUT2D eigenvalue weighted by molar-refractivity contribution is 5.62. The lowest BCUT2D eigenvalue weighted by Gasteiger charge is -2.24. The molecule has 0 atom stereocenters. The fraction of sp³-hybridized carbons (Fsp3) is 0.214. The number of halogens is 1. The first kappa shape index (κ1) is 12.5. The van der Waals surface area contributed by atoms with Crippen LogP contribution in [0.3, 0.4) is 0 Å². The minimum atomic E-state index is -0.254. The molecule has 2 N–H and O–H groups in total. The van der Waals surface area contributed by atoms with E-state index in [0.29, 0.717) is 13.1 Å². The van der Waals surface area contributed by atoms with E-state index in [1.165, 1.54) is 12.1 Å². The van der Waals surface area contributed by atoms with Crippen LogP contribution in [0.1, 0.15) is 12.5 Å². The Morgan fingerprint density at radius 1 is 1.28 bits per heavy atom. The third-order valence-electron chi connectivity index (χ3n) is 2.78. The second kappa shape index (κ2) is 5.60. The van der Waals surface area contributed by atoms with Crippen LogP contribution in [0.25, 0.3) is 0 Å². The van der Waals surface area contributed by atoms with Crippen LogP contribution in [0.5, 0.6) is 0 Å². The Hall–Kier alpha value is -1.94. The van der Waals surface area contributed by atoms with Gasteiger partial charge in [-0.3, -0.25) is 0 Å². The number of anilines is 2. The lowest BCUT2D eigenvalue weighted by atomic mass is 10.2. The number of hydrogen-bond donors (Lipinski definition) is 1. The van der Waals surface area contributed by atoms with Gasteiger partial charge in [0, 0.05) is 30.5 Å². The number of pyridine rings is 1. The molecule has 0 spiro atoms. The summed E-state index contributed by atoms with van der Waals surface area (Å²) < 4.78 is 13.3. The standard InChI is InChI=1S/C14H16FN3/c1-2-18(13-7-3-6-12(15)9-13)14-11(10-16)5-4-8-17-14/h3-9H,2,10,16H2,1H3. The summed E-state index contributed by atoms with van der Waals surface area (Å²) in [6.45, 7) is 3.11. The summed E-state index contributed by atoms with van der Waals surface area (Å²) >= 11 is 0. The summed E-state index contributed by atoms with van der Waals surface area (Å²) in [6, 6.07) is 10.3. The highest BCUT2D eigenvalue weighted by Crippen LogP contribution is 2.26. The molecule has 4 heteroatoms. The maximum absolute atomic E-state index is 13.3. The molecule has 0 aliphatic rings. The minimum Gasteiger partial charge on any atom is -0.326 e. The Bertz CT molecular complexity index is 528. The van der Waals surface area contributed by atoms with Crippen LogP contribution in [0, 0.1) is 5.82 Å². The fourth-order valence-corrected chi connectivity index (χ4v) is 1.93. The fourth-order valence-electron chi connectivity index (χ4n) is 1.93. The van der Waals surface area contributed by atoms with E-state index in [1.54, 1.807) is 12.3 Å². The molecule has 3 nitrogen and oxygen atoms in total. The molecule has 0 fully saturated rings. The van der Waals surface area contributed by atoms with E-state index in [1.807, 2.05) is 30.0 Å². The Labute approximate surface area is 106 Å². The molecular weight excluding hydrogens is 229 g/mol. The Morgan fingerprint density at radius 2 is 2.11 bits per heavy atom. The van der Waals surface area contributed by atoms with Crippen LogP contribution < -0.4 is 10.6 Å². The monoisotopic (exact) mass is 245 g/mol. The van der Waals surface area contributed by atoms with Crippen molar-refractivity contribution in [3.8, 4) is 0 Å². The molecule has 1 heterocycles. The Balaban J connectivity index is 2.45. The first-order valence-electron chi connectivity index (χ1n) is 5.93. The van der Waals surface area contributed by atoms with Crippen molar-refractivity contribution in [3.05, 3.63) is 54.0 Å². The second-order valence-corrected chi connectivity index (χ2v) is 3.91. The smallest absolute Gasteiger partial charge is 0.137 e. The van der Waals surface area contributed by atoms with Crippen molar-refractivity contribution < 1.29 is 4.39 Å². The van der Waals surface area contributed by atoms with Crippen LogP contribution in [0.15, 0.2) is 42.6 Å².